The van der Waals surface area contributed by atoms with Crippen molar-refractivity contribution < 1.29 is 19.4 Å². The van der Waals surface area contributed by atoms with E-state index in [1.165, 1.54) is 19.3 Å². The summed E-state index contributed by atoms with van der Waals surface area (Å²) < 4.78 is 5.10. The zero-order chi connectivity index (χ0) is 17.2. The highest BCUT2D eigenvalue weighted by molar-refractivity contribution is 5.78. The molecule has 5 heteroatoms. The number of carbonyl (C=O) groups excluding carboxylic acids is 1. The number of amides is 1. The van der Waals surface area contributed by atoms with E-state index in [-0.39, 0.29) is 18.4 Å². The van der Waals surface area contributed by atoms with E-state index in [0.717, 1.165) is 37.7 Å². The monoisotopic (exact) mass is 333 g/mol. The van der Waals surface area contributed by atoms with Crippen molar-refractivity contribution in [3.05, 3.63) is 29.8 Å². The van der Waals surface area contributed by atoms with Gasteiger partial charge in [0, 0.05) is 12.5 Å². The van der Waals surface area contributed by atoms with Gasteiger partial charge >= 0.3 is 5.97 Å². The van der Waals surface area contributed by atoms with Crippen molar-refractivity contribution >= 4 is 11.9 Å². The highest BCUT2D eigenvalue weighted by atomic mass is 16.5. The molecular weight excluding hydrogens is 306 g/mol. The van der Waals surface area contributed by atoms with Crippen LogP contribution in [0.5, 0.6) is 5.75 Å². The minimum Gasteiger partial charge on any atom is -0.482 e. The van der Waals surface area contributed by atoms with Crippen molar-refractivity contribution in [1.29, 1.82) is 0 Å². The number of hydrogen-bond acceptors (Lipinski definition) is 3. The maximum absolute atomic E-state index is 12.3. The molecule has 5 nitrogen and oxygen atoms in total. The van der Waals surface area contributed by atoms with Crippen LogP contribution in [0.4, 0.5) is 0 Å². The van der Waals surface area contributed by atoms with Gasteiger partial charge in [-0.3, -0.25) is 4.79 Å². The number of carboxylic acids is 1. The lowest BCUT2D eigenvalue weighted by molar-refractivity contribution is -0.139. The molecule has 0 aromatic heterocycles. The number of benzene rings is 1. The van der Waals surface area contributed by atoms with Gasteiger partial charge in [0.25, 0.3) is 0 Å². The summed E-state index contributed by atoms with van der Waals surface area (Å²) in [7, 11) is 0. The van der Waals surface area contributed by atoms with Gasteiger partial charge in [0.15, 0.2) is 6.61 Å². The average molecular weight is 333 g/mol. The molecule has 1 fully saturated rings. The predicted octanol–water partition coefficient (Wildman–Crippen LogP) is 3.17. The number of aliphatic carboxylic acids is 1. The van der Waals surface area contributed by atoms with Crippen LogP contribution in [0.1, 0.15) is 50.5 Å². The van der Waals surface area contributed by atoms with Gasteiger partial charge in [-0.25, -0.2) is 4.79 Å². The van der Waals surface area contributed by atoms with E-state index in [1.807, 2.05) is 12.1 Å². The third-order valence-electron chi connectivity index (χ3n) is 4.47. The number of hydrogen-bond donors (Lipinski definition) is 2. The lowest BCUT2D eigenvalue weighted by Gasteiger charge is -2.19. The molecule has 0 bridgehead atoms. The van der Waals surface area contributed by atoms with Crippen molar-refractivity contribution in [3.8, 4) is 5.75 Å². The lowest BCUT2D eigenvalue weighted by Crippen LogP contribution is -2.32. The van der Waals surface area contributed by atoms with Gasteiger partial charge in [-0.1, -0.05) is 44.2 Å². The third kappa shape index (κ3) is 6.60. The number of rotatable bonds is 7. The van der Waals surface area contributed by atoms with Crippen LogP contribution in [0.15, 0.2) is 24.3 Å². The smallest absolute Gasteiger partial charge is 0.341 e. The first-order valence-electron chi connectivity index (χ1n) is 8.86. The molecule has 132 valence electrons. The minimum atomic E-state index is -0.990. The summed E-state index contributed by atoms with van der Waals surface area (Å²) in [4.78, 5) is 22.7. The van der Waals surface area contributed by atoms with Gasteiger partial charge in [-0.05, 0) is 37.0 Å². The van der Waals surface area contributed by atoms with Crippen LogP contribution < -0.4 is 10.1 Å². The Morgan fingerprint density at radius 1 is 1.04 bits per heavy atom. The zero-order valence-electron chi connectivity index (χ0n) is 14.1. The molecular formula is C19H27NO4. The molecule has 1 amide bonds. The Morgan fingerprint density at radius 3 is 2.29 bits per heavy atom. The molecule has 1 aliphatic rings. The lowest BCUT2D eigenvalue weighted by atomic mass is 9.90. The van der Waals surface area contributed by atoms with E-state index in [2.05, 4.69) is 5.32 Å². The summed E-state index contributed by atoms with van der Waals surface area (Å²) in [6.07, 6.45) is 8.92. The Morgan fingerprint density at radius 2 is 1.67 bits per heavy atom. The van der Waals surface area contributed by atoms with Crippen molar-refractivity contribution in [2.45, 2.75) is 51.4 Å². The molecule has 0 unspecified atom stereocenters. The highest BCUT2D eigenvalue weighted by Gasteiger charge is 2.18. The molecule has 24 heavy (non-hydrogen) atoms. The molecule has 1 aromatic rings. The summed E-state index contributed by atoms with van der Waals surface area (Å²) in [5.41, 5.74) is 1.09. The molecule has 0 heterocycles. The van der Waals surface area contributed by atoms with Crippen LogP contribution in [-0.2, 0) is 16.0 Å². The molecule has 2 N–H and O–H groups in total. The Kier molecular flexibility index (Phi) is 7.59. The number of carbonyl (C=O) groups is 2. The summed E-state index contributed by atoms with van der Waals surface area (Å²) in [6.45, 7) is 0.293. The molecule has 0 radical (unpaired) electrons. The summed E-state index contributed by atoms with van der Waals surface area (Å²) in [6, 6.07) is 7.32. The van der Waals surface area contributed by atoms with E-state index >= 15 is 0 Å². The van der Waals surface area contributed by atoms with E-state index < -0.39 is 5.97 Å². The Bertz CT molecular complexity index is 519. The first kappa shape index (κ1) is 18.3. The Hall–Kier alpha value is -2.04. The van der Waals surface area contributed by atoms with Crippen LogP contribution >= 0.6 is 0 Å². The second kappa shape index (κ2) is 9.96. The van der Waals surface area contributed by atoms with Crippen LogP contribution in [-0.4, -0.2) is 30.1 Å². The van der Waals surface area contributed by atoms with Crippen LogP contribution in [0.3, 0.4) is 0 Å². The van der Waals surface area contributed by atoms with Crippen molar-refractivity contribution in [2.75, 3.05) is 13.2 Å². The van der Waals surface area contributed by atoms with Crippen LogP contribution in [0, 0.1) is 5.92 Å². The summed E-state index contributed by atoms with van der Waals surface area (Å²) in [5.74, 6) is -0.0777. The second-order valence-corrected chi connectivity index (χ2v) is 6.41. The normalized spacial score (nSPS) is 16.0. The highest BCUT2D eigenvalue weighted by Crippen LogP contribution is 2.22. The van der Waals surface area contributed by atoms with Gasteiger partial charge in [0.1, 0.15) is 5.75 Å². The fourth-order valence-electron chi connectivity index (χ4n) is 3.09. The molecule has 1 aromatic carbocycles. The number of ether oxygens (including phenoxy) is 1. The van der Waals surface area contributed by atoms with E-state index in [9.17, 15) is 9.59 Å². The first-order chi connectivity index (χ1) is 11.6. The van der Waals surface area contributed by atoms with Crippen LogP contribution in [0.25, 0.3) is 0 Å². The maximum atomic E-state index is 12.3. The van der Waals surface area contributed by atoms with Crippen molar-refractivity contribution in [3.63, 3.8) is 0 Å². The third-order valence-corrected chi connectivity index (χ3v) is 4.47. The Balaban J connectivity index is 1.70. The fraction of sp³-hybridized carbons (Fsp3) is 0.579. The molecule has 1 saturated carbocycles. The number of nitrogens with one attached hydrogen (secondary N) is 1. The molecule has 0 spiro atoms. The number of carboxylic acid groups (broad SMARTS) is 1. The summed E-state index contributed by atoms with van der Waals surface area (Å²) >= 11 is 0. The fourth-order valence-corrected chi connectivity index (χ4v) is 3.09. The standard InChI is InChI=1S/C19H27NO4/c21-18(22)14-24-17-10-8-15(9-11-17)12-13-20-19(23)16-6-4-2-1-3-5-7-16/h8-11,16H,1-7,12-14H2,(H,20,23)(H,21,22). The van der Waals surface area contributed by atoms with Gasteiger partial charge in [-0.2, -0.15) is 0 Å². The molecule has 2 rings (SSSR count). The van der Waals surface area contributed by atoms with E-state index in [4.69, 9.17) is 9.84 Å². The van der Waals surface area contributed by atoms with Gasteiger partial charge in [0.2, 0.25) is 5.91 Å². The molecule has 0 atom stereocenters. The second-order valence-electron chi connectivity index (χ2n) is 6.41. The topological polar surface area (TPSA) is 75.6 Å². The van der Waals surface area contributed by atoms with E-state index in [1.54, 1.807) is 12.1 Å². The van der Waals surface area contributed by atoms with Crippen LogP contribution in [0.2, 0.25) is 0 Å². The quantitative estimate of drug-likeness (QED) is 0.803. The molecule has 1 aliphatic carbocycles. The molecule has 0 aliphatic heterocycles. The summed E-state index contributed by atoms with van der Waals surface area (Å²) in [5, 5.41) is 11.6. The van der Waals surface area contributed by atoms with Gasteiger partial charge in [-0.15, -0.1) is 0 Å². The maximum Gasteiger partial charge on any atom is 0.341 e. The Labute approximate surface area is 143 Å². The predicted molar refractivity (Wildman–Crippen MR) is 92.1 cm³/mol. The van der Waals surface area contributed by atoms with E-state index in [0.29, 0.717) is 12.3 Å². The average Bonchev–Trinajstić information content (AvgIpc) is 2.53. The largest absolute Gasteiger partial charge is 0.482 e. The zero-order valence-corrected chi connectivity index (χ0v) is 14.1. The van der Waals surface area contributed by atoms with Gasteiger partial charge in [0.05, 0.1) is 0 Å². The molecule has 0 saturated heterocycles. The van der Waals surface area contributed by atoms with Crippen molar-refractivity contribution in [1.82, 2.24) is 5.32 Å². The first-order valence-corrected chi connectivity index (χ1v) is 8.86. The SMILES string of the molecule is O=C(O)COc1ccc(CCNC(=O)C2CCCCCCC2)cc1. The minimum absolute atomic E-state index is 0.178. The van der Waals surface area contributed by atoms with Crippen molar-refractivity contribution in [2.24, 2.45) is 5.92 Å². The van der Waals surface area contributed by atoms with Gasteiger partial charge < -0.3 is 15.2 Å².